The Morgan fingerprint density at radius 1 is 1.00 bits per heavy atom. The van der Waals surface area contributed by atoms with Crippen molar-refractivity contribution in [3.63, 3.8) is 0 Å². The van der Waals surface area contributed by atoms with Crippen molar-refractivity contribution >= 4 is 5.91 Å². The summed E-state index contributed by atoms with van der Waals surface area (Å²) in [6.07, 6.45) is 6.77. The van der Waals surface area contributed by atoms with E-state index in [0.717, 1.165) is 29.9 Å². The van der Waals surface area contributed by atoms with Gasteiger partial charge in [-0.25, -0.2) is 0 Å². The molecular weight excluding hydrogens is 322 g/mol. The average molecular weight is 351 g/mol. The van der Waals surface area contributed by atoms with Crippen molar-refractivity contribution in [2.75, 3.05) is 19.6 Å². The van der Waals surface area contributed by atoms with E-state index in [2.05, 4.69) is 35.0 Å². The first-order valence-corrected chi connectivity index (χ1v) is 9.67. The number of amides is 1. The number of pyridine rings is 1. The zero-order valence-corrected chi connectivity index (χ0v) is 15.7. The molecule has 1 amide bonds. The van der Waals surface area contributed by atoms with Gasteiger partial charge in [-0.3, -0.25) is 14.7 Å². The molecule has 4 nitrogen and oxygen atoms in total. The molecule has 4 heteroatoms. The number of aryl methyl sites for hydroxylation is 1. The van der Waals surface area contributed by atoms with Gasteiger partial charge in [-0.2, -0.15) is 0 Å². The Bertz CT molecular complexity index is 694. The quantitative estimate of drug-likeness (QED) is 0.794. The highest BCUT2D eigenvalue weighted by Crippen LogP contribution is 2.14. The minimum Gasteiger partial charge on any atom is -0.331 e. The summed E-state index contributed by atoms with van der Waals surface area (Å²) in [5.74, 6) is 0.195. The van der Waals surface area contributed by atoms with Gasteiger partial charge >= 0.3 is 0 Å². The first kappa shape index (κ1) is 18.6. The van der Waals surface area contributed by atoms with Crippen molar-refractivity contribution in [3.05, 3.63) is 65.5 Å². The van der Waals surface area contributed by atoms with Gasteiger partial charge in [0.15, 0.2) is 0 Å². The second-order valence-electron chi connectivity index (χ2n) is 7.19. The minimum atomic E-state index is 0.195. The number of carbonyl (C=O) groups excluding carboxylic acids is 1. The second kappa shape index (κ2) is 9.48. The summed E-state index contributed by atoms with van der Waals surface area (Å²) in [6, 6.07) is 14.2. The van der Waals surface area contributed by atoms with E-state index in [-0.39, 0.29) is 5.91 Å². The fourth-order valence-electron chi connectivity index (χ4n) is 3.49. The first-order chi connectivity index (χ1) is 12.7. The molecule has 3 rings (SSSR count). The highest BCUT2D eigenvalue weighted by molar-refractivity contribution is 5.78. The smallest absolute Gasteiger partial charge is 0.237 e. The van der Waals surface area contributed by atoms with E-state index in [1.54, 1.807) is 0 Å². The first-order valence-electron chi connectivity index (χ1n) is 9.67. The lowest BCUT2D eigenvalue weighted by atomic mass is 10.1. The van der Waals surface area contributed by atoms with E-state index in [1.807, 2.05) is 35.4 Å². The molecule has 0 N–H and O–H groups in total. The second-order valence-corrected chi connectivity index (χ2v) is 7.19. The monoisotopic (exact) mass is 351 g/mol. The maximum absolute atomic E-state index is 13.1. The molecule has 1 fully saturated rings. The molecule has 2 heterocycles. The Morgan fingerprint density at radius 2 is 1.73 bits per heavy atom. The third-order valence-electron chi connectivity index (χ3n) is 5.08. The number of hydrogen-bond donors (Lipinski definition) is 0. The van der Waals surface area contributed by atoms with Crippen LogP contribution in [0.4, 0.5) is 0 Å². The lowest BCUT2D eigenvalue weighted by Gasteiger charge is -2.27. The van der Waals surface area contributed by atoms with Crippen LogP contribution in [-0.4, -0.2) is 40.3 Å². The minimum absolute atomic E-state index is 0.195. The van der Waals surface area contributed by atoms with E-state index in [9.17, 15) is 4.79 Å². The van der Waals surface area contributed by atoms with Crippen molar-refractivity contribution in [3.8, 4) is 0 Å². The summed E-state index contributed by atoms with van der Waals surface area (Å²) in [5, 5.41) is 0. The van der Waals surface area contributed by atoms with Crippen LogP contribution >= 0.6 is 0 Å². The van der Waals surface area contributed by atoms with Gasteiger partial charge in [-0.15, -0.1) is 0 Å². The highest BCUT2D eigenvalue weighted by Gasteiger charge is 2.20. The number of nitrogens with zero attached hydrogens (tertiary/aromatic N) is 3. The normalized spacial score (nSPS) is 15.4. The zero-order chi connectivity index (χ0) is 18.2. The molecule has 0 saturated carbocycles. The van der Waals surface area contributed by atoms with Crippen molar-refractivity contribution in [2.45, 2.75) is 45.7 Å². The Balaban J connectivity index is 1.72. The molecule has 1 aromatic heterocycles. The molecule has 1 saturated heterocycles. The molecule has 26 heavy (non-hydrogen) atoms. The van der Waals surface area contributed by atoms with E-state index < -0.39 is 0 Å². The van der Waals surface area contributed by atoms with Gasteiger partial charge in [0.1, 0.15) is 0 Å². The summed E-state index contributed by atoms with van der Waals surface area (Å²) in [6.45, 7) is 5.83. The number of aromatic nitrogens is 1. The standard InChI is InChI=1S/C22H29N3O/c1-19-10-9-13-23-21(19)17-25(16-20-11-5-4-6-12-20)22(26)18-24-14-7-2-3-8-15-24/h4-6,9-13H,2-3,7-8,14-18H2,1H3. The highest BCUT2D eigenvalue weighted by atomic mass is 16.2. The number of benzene rings is 1. The fraction of sp³-hybridized carbons (Fsp3) is 0.455. The van der Waals surface area contributed by atoms with Crippen LogP contribution in [-0.2, 0) is 17.9 Å². The molecule has 138 valence electrons. The Kier molecular flexibility index (Phi) is 6.78. The maximum atomic E-state index is 13.1. The SMILES string of the molecule is Cc1cccnc1CN(Cc1ccccc1)C(=O)CN1CCCCCC1. The lowest BCUT2D eigenvalue weighted by molar-refractivity contribution is -0.133. The molecule has 0 radical (unpaired) electrons. The van der Waals surface area contributed by atoms with Crippen molar-refractivity contribution in [1.82, 2.24) is 14.8 Å². The van der Waals surface area contributed by atoms with Crippen LogP contribution in [0.15, 0.2) is 48.7 Å². The Labute approximate surface area is 156 Å². The molecule has 0 unspecified atom stereocenters. The van der Waals surface area contributed by atoms with Gasteiger partial charge in [0.05, 0.1) is 18.8 Å². The van der Waals surface area contributed by atoms with E-state index >= 15 is 0 Å². The van der Waals surface area contributed by atoms with Crippen molar-refractivity contribution in [1.29, 1.82) is 0 Å². The number of hydrogen-bond acceptors (Lipinski definition) is 3. The number of rotatable bonds is 6. The molecule has 0 bridgehead atoms. The summed E-state index contributed by atoms with van der Waals surface area (Å²) >= 11 is 0. The van der Waals surface area contributed by atoms with Gasteiger partial charge < -0.3 is 4.90 Å². The molecule has 1 aromatic carbocycles. The van der Waals surface area contributed by atoms with Gasteiger partial charge in [-0.1, -0.05) is 49.2 Å². The third-order valence-corrected chi connectivity index (χ3v) is 5.08. The van der Waals surface area contributed by atoms with Crippen LogP contribution in [0, 0.1) is 6.92 Å². The Morgan fingerprint density at radius 3 is 2.42 bits per heavy atom. The number of likely N-dealkylation sites (tertiary alicyclic amines) is 1. The van der Waals surface area contributed by atoms with Gasteiger partial charge in [-0.05, 0) is 50.0 Å². The van der Waals surface area contributed by atoms with Crippen LogP contribution in [0.3, 0.4) is 0 Å². The largest absolute Gasteiger partial charge is 0.331 e. The van der Waals surface area contributed by atoms with Crippen molar-refractivity contribution < 1.29 is 4.79 Å². The van der Waals surface area contributed by atoms with E-state index in [1.165, 1.54) is 25.7 Å². The topological polar surface area (TPSA) is 36.4 Å². The van der Waals surface area contributed by atoms with Gasteiger partial charge in [0, 0.05) is 12.7 Å². The van der Waals surface area contributed by atoms with Gasteiger partial charge in [0.2, 0.25) is 5.91 Å². The van der Waals surface area contributed by atoms with E-state index in [0.29, 0.717) is 19.6 Å². The predicted octanol–water partition coefficient (Wildman–Crippen LogP) is 3.79. The summed E-state index contributed by atoms with van der Waals surface area (Å²) in [7, 11) is 0. The molecule has 1 aliphatic heterocycles. The molecular formula is C22H29N3O. The van der Waals surface area contributed by atoms with Crippen molar-refractivity contribution in [2.24, 2.45) is 0 Å². The molecule has 0 aliphatic carbocycles. The lowest BCUT2D eigenvalue weighted by Crippen LogP contribution is -2.40. The summed E-state index contributed by atoms with van der Waals surface area (Å²) in [5.41, 5.74) is 3.27. The molecule has 1 aliphatic rings. The van der Waals surface area contributed by atoms with Crippen LogP contribution in [0.1, 0.15) is 42.5 Å². The Hall–Kier alpha value is -2.20. The van der Waals surface area contributed by atoms with Crippen LogP contribution < -0.4 is 0 Å². The zero-order valence-electron chi connectivity index (χ0n) is 15.7. The van der Waals surface area contributed by atoms with Crippen LogP contribution in [0.25, 0.3) is 0 Å². The fourth-order valence-corrected chi connectivity index (χ4v) is 3.49. The third kappa shape index (κ3) is 5.40. The predicted molar refractivity (Wildman–Crippen MR) is 105 cm³/mol. The van der Waals surface area contributed by atoms with E-state index in [4.69, 9.17) is 0 Å². The average Bonchev–Trinajstić information content (AvgIpc) is 2.92. The van der Waals surface area contributed by atoms with Crippen LogP contribution in [0.5, 0.6) is 0 Å². The molecule has 0 spiro atoms. The molecule has 0 atom stereocenters. The number of carbonyl (C=O) groups is 1. The molecule has 2 aromatic rings. The van der Waals surface area contributed by atoms with Crippen LogP contribution in [0.2, 0.25) is 0 Å². The maximum Gasteiger partial charge on any atom is 0.237 e. The summed E-state index contributed by atoms with van der Waals surface area (Å²) in [4.78, 5) is 21.9. The summed E-state index contributed by atoms with van der Waals surface area (Å²) < 4.78 is 0. The van der Waals surface area contributed by atoms with Gasteiger partial charge in [0.25, 0.3) is 0 Å².